The second-order valence-corrected chi connectivity index (χ2v) is 6.12. The Morgan fingerprint density at radius 1 is 0.667 bits per heavy atom. The van der Waals surface area contributed by atoms with Crippen molar-refractivity contribution in [3.63, 3.8) is 0 Å². The van der Waals surface area contributed by atoms with Crippen molar-refractivity contribution in [3.05, 3.63) is 0 Å². The first-order chi connectivity index (χ1) is 10.4. The first-order valence-corrected chi connectivity index (χ1v) is 8.96. The highest BCUT2D eigenvalue weighted by Crippen LogP contribution is 2.06. The van der Waals surface area contributed by atoms with Gasteiger partial charge in [-0.3, -0.25) is 0 Å². The van der Waals surface area contributed by atoms with E-state index in [0.29, 0.717) is 0 Å². The van der Waals surface area contributed by atoms with E-state index in [-0.39, 0.29) is 0 Å². The molecule has 0 spiro atoms. The lowest BCUT2D eigenvalue weighted by molar-refractivity contribution is 0.398. The smallest absolute Gasteiger partial charge is 0.000837 e. The van der Waals surface area contributed by atoms with Gasteiger partial charge in [0.1, 0.15) is 0 Å². The topological polar surface area (TPSA) is 74.1 Å². The van der Waals surface area contributed by atoms with Crippen molar-refractivity contribution in [2.75, 3.05) is 58.9 Å². The van der Waals surface area contributed by atoms with Crippen LogP contribution in [0.5, 0.6) is 0 Å². The van der Waals surface area contributed by atoms with Gasteiger partial charge in [0.25, 0.3) is 0 Å². The highest BCUT2D eigenvalue weighted by molar-refractivity contribution is 4.67. The van der Waals surface area contributed by atoms with Gasteiger partial charge in [0.2, 0.25) is 0 Å². The summed E-state index contributed by atoms with van der Waals surface area (Å²) in [6.45, 7) is 9.86. The summed E-state index contributed by atoms with van der Waals surface area (Å²) in [6.07, 6.45) is 7.36. The molecular weight excluding hydrogens is 262 g/mol. The summed E-state index contributed by atoms with van der Waals surface area (Å²) < 4.78 is 0. The summed E-state index contributed by atoms with van der Waals surface area (Å²) in [5.41, 5.74) is 5.60. The van der Waals surface area contributed by atoms with Crippen LogP contribution in [0.15, 0.2) is 0 Å². The minimum Gasteiger partial charge on any atom is -0.330 e. The minimum atomic E-state index is 0.741. The first kappa shape index (κ1) is 18.8. The van der Waals surface area contributed by atoms with E-state index in [4.69, 9.17) is 5.73 Å². The molecule has 21 heavy (non-hydrogen) atoms. The fourth-order valence-corrected chi connectivity index (χ4v) is 2.73. The molecule has 1 rings (SSSR count). The first-order valence-electron chi connectivity index (χ1n) is 8.96. The molecule has 0 saturated carbocycles. The molecule has 1 aliphatic rings. The van der Waals surface area contributed by atoms with Crippen LogP contribution in [0, 0.1) is 5.92 Å². The molecule has 1 saturated heterocycles. The van der Waals surface area contributed by atoms with Gasteiger partial charge >= 0.3 is 0 Å². The summed E-state index contributed by atoms with van der Waals surface area (Å²) in [4.78, 5) is 0. The Labute approximate surface area is 131 Å². The number of unbranched alkanes of at least 4 members (excludes halogenated alkanes) is 1. The molecule has 126 valence electrons. The van der Waals surface area contributed by atoms with E-state index in [2.05, 4.69) is 21.3 Å². The Morgan fingerprint density at radius 3 is 1.62 bits per heavy atom. The Balaban J connectivity index is 2.21. The summed E-state index contributed by atoms with van der Waals surface area (Å²) in [7, 11) is 0. The second-order valence-electron chi connectivity index (χ2n) is 6.12. The van der Waals surface area contributed by atoms with Crippen molar-refractivity contribution in [1.82, 2.24) is 21.3 Å². The maximum atomic E-state index is 5.60. The molecule has 0 aromatic rings. The zero-order chi connectivity index (χ0) is 15.0. The van der Waals surface area contributed by atoms with Gasteiger partial charge in [-0.25, -0.2) is 0 Å². The van der Waals surface area contributed by atoms with Crippen LogP contribution >= 0.6 is 0 Å². The lowest BCUT2D eigenvalue weighted by Crippen LogP contribution is -2.34. The molecule has 5 nitrogen and oxygen atoms in total. The van der Waals surface area contributed by atoms with Gasteiger partial charge in [-0.2, -0.15) is 0 Å². The molecule has 6 N–H and O–H groups in total. The van der Waals surface area contributed by atoms with Crippen LogP contribution in [0.25, 0.3) is 0 Å². The standard InChI is InChI=1S/C16H37N5/c17-7-2-1-6-16-14-20-12-4-10-18-8-3-9-19-11-5-13-21-15-16/h16,18-21H,1-15,17H2. The van der Waals surface area contributed by atoms with Gasteiger partial charge in [-0.1, -0.05) is 6.42 Å². The van der Waals surface area contributed by atoms with Gasteiger partial charge in [0.05, 0.1) is 0 Å². The molecule has 0 aliphatic carbocycles. The van der Waals surface area contributed by atoms with E-state index in [1.54, 1.807) is 0 Å². The highest BCUT2D eigenvalue weighted by atomic mass is 14.9. The number of hydrogen-bond acceptors (Lipinski definition) is 5. The van der Waals surface area contributed by atoms with Gasteiger partial charge in [-0.15, -0.1) is 0 Å². The molecule has 0 aromatic carbocycles. The van der Waals surface area contributed by atoms with Crippen LogP contribution in [0.2, 0.25) is 0 Å². The van der Waals surface area contributed by atoms with Crippen molar-refractivity contribution >= 4 is 0 Å². The minimum absolute atomic E-state index is 0.741. The van der Waals surface area contributed by atoms with E-state index in [9.17, 15) is 0 Å². The second kappa shape index (κ2) is 14.7. The van der Waals surface area contributed by atoms with E-state index in [1.165, 1.54) is 32.1 Å². The lowest BCUT2D eigenvalue weighted by Gasteiger charge is -2.19. The quantitative estimate of drug-likeness (QED) is 0.482. The largest absolute Gasteiger partial charge is 0.330 e. The van der Waals surface area contributed by atoms with E-state index < -0.39 is 0 Å². The fourth-order valence-electron chi connectivity index (χ4n) is 2.73. The Morgan fingerprint density at radius 2 is 1.14 bits per heavy atom. The van der Waals surface area contributed by atoms with Crippen LogP contribution in [0.4, 0.5) is 0 Å². The number of nitrogens with two attached hydrogens (primary N) is 1. The monoisotopic (exact) mass is 299 g/mol. The van der Waals surface area contributed by atoms with Gasteiger partial charge in [-0.05, 0) is 96.9 Å². The van der Waals surface area contributed by atoms with Crippen molar-refractivity contribution in [2.45, 2.75) is 38.5 Å². The van der Waals surface area contributed by atoms with Crippen LogP contribution in [-0.2, 0) is 0 Å². The zero-order valence-corrected chi connectivity index (χ0v) is 13.8. The molecule has 0 bridgehead atoms. The molecule has 0 atom stereocenters. The zero-order valence-electron chi connectivity index (χ0n) is 13.8. The Bertz CT molecular complexity index is 197. The average Bonchev–Trinajstić information content (AvgIpc) is 2.49. The van der Waals surface area contributed by atoms with Crippen molar-refractivity contribution in [1.29, 1.82) is 0 Å². The predicted octanol–water partition coefficient (Wildman–Crippen LogP) is 0.274. The SMILES string of the molecule is NCCCCC1CNCCCNCCCNCCCNC1. The van der Waals surface area contributed by atoms with Crippen molar-refractivity contribution in [2.24, 2.45) is 11.7 Å². The number of nitrogens with one attached hydrogen (secondary N) is 4. The number of hydrogen-bond donors (Lipinski definition) is 5. The summed E-state index contributed by atoms with van der Waals surface area (Å²) in [5, 5.41) is 14.3. The molecular formula is C16H37N5. The van der Waals surface area contributed by atoms with Crippen LogP contribution in [0.3, 0.4) is 0 Å². The summed E-state index contributed by atoms with van der Waals surface area (Å²) in [6, 6.07) is 0. The van der Waals surface area contributed by atoms with Crippen molar-refractivity contribution < 1.29 is 0 Å². The Kier molecular flexibility index (Phi) is 13.2. The van der Waals surface area contributed by atoms with Crippen molar-refractivity contribution in [3.8, 4) is 0 Å². The lowest BCUT2D eigenvalue weighted by atomic mass is 10.0. The van der Waals surface area contributed by atoms with E-state index in [0.717, 1.165) is 71.2 Å². The molecule has 0 unspecified atom stereocenters. The third-order valence-corrected chi connectivity index (χ3v) is 4.05. The third kappa shape index (κ3) is 12.1. The van der Waals surface area contributed by atoms with E-state index >= 15 is 0 Å². The molecule has 5 heteroatoms. The molecule has 1 heterocycles. The van der Waals surface area contributed by atoms with Gasteiger partial charge < -0.3 is 27.0 Å². The molecule has 0 amide bonds. The maximum absolute atomic E-state index is 5.60. The predicted molar refractivity (Wildman–Crippen MR) is 91.7 cm³/mol. The summed E-state index contributed by atoms with van der Waals surface area (Å²) in [5.74, 6) is 0.741. The molecule has 1 aliphatic heterocycles. The van der Waals surface area contributed by atoms with Gasteiger partial charge in [0, 0.05) is 0 Å². The number of rotatable bonds is 4. The third-order valence-electron chi connectivity index (χ3n) is 4.05. The fraction of sp³-hybridized carbons (Fsp3) is 1.00. The highest BCUT2D eigenvalue weighted by Gasteiger charge is 2.07. The molecule has 0 aromatic heterocycles. The maximum Gasteiger partial charge on any atom is -0.000837 e. The van der Waals surface area contributed by atoms with Crippen LogP contribution in [-0.4, -0.2) is 58.9 Å². The van der Waals surface area contributed by atoms with E-state index in [1.807, 2.05) is 0 Å². The molecule has 1 fully saturated rings. The average molecular weight is 300 g/mol. The van der Waals surface area contributed by atoms with Crippen LogP contribution < -0.4 is 27.0 Å². The van der Waals surface area contributed by atoms with Crippen LogP contribution in [0.1, 0.15) is 38.5 Å². The normalized spacial score (nSPS) is 22.1. The van der Waals surface area contributed by atoms with Gasteiger partial charge in [0.15, 0.2) is 0 Å². The summed E-state index contributed by atoms with van der Waals surface area (Å²) >= 11 is 0. The molecule has 0 radical (unpaired) electrons. The Hall–Kier alpha value is -0.200.